The second-order valence-electron chi connectivity index (χ2n) is 6.96. The second kappa shape index (κ2) is 6.76. The average Bonchev–Trinajstić information content (AvgIpc) is 2.74. The summed E-state index contributed by atoms with van der Waals surface area (Å²) in [5.41, 5.74) is 8.74. The lowest BCUT2D eigenvalue weighted by molar-refractivity contribution is 0.302. The minimum absolute atomic E-state index is 0.550. The van der Waals surface area contributed by atoms with Gasteiger partial charge in [-0.05, 0) is 57.3 Å². The van der Waals surface area contributed by atoms with Crippen molar-refractivity contribution in [1.82, 2.24) is 9.97 Å². The van der Waals surface area contributed by atoms with Crippen molar-refractivity contribution in [1.29, 1.82) is 0 Å². The molecule has 0 aliphatic heterocycles. The number of fused-ring (bicyclic) bond motifs is 1. The monoisotopic (exact) mass is 287 g/mol. The van der Waals surface area contributed by atoms with Gasteiger partial charge in [0.1, 0.15) is 11.6 Å². The zero-order valence-electron chi connectivity index (χ0n) is 13.4. The van der Waals surface area contributed by atoms with Gasteiger partial charge in [-0.3, -0.25) is 0 Å². The van der Waals surface area contributed by atoms with Crippen molar-refractivity contribution in [2.75, 3.05) is 5.73 Å². The standard InChI is InChI=1S/C18H29N3/c1-2-6-13-9-11-14(12-10-13)18-20-16-8-5-3-4-7-15(16)17(19)21-18/h13-14H,2-12H2,1H3,(H2,19,20,21). The number of nitrogens with two attached hydrogens (primary N) is 1. The van der Waals surface area contributed by atoms with Crippen molar-refractivity contribution >= 4 is 5.82 Å². The van der Waals surface area contributed by atoms with Crippen molar-refractivity contribution in [2.45, 2.75) is 83.5 Å². The van der Waals surface area contributed by atoms with E-state index in [1.807, 2.05) is 0 Å². The Morgan fingerprint density at radius 3 is 2.52 bits per heavy atom. The summed E-state index contributed by atoms with van der Waals surface area (Å²) in [5.74, 6) is 3.30. The summed E-state index contributed by atoms with van der Waals surface area (Å²) < 4.78 is 0. The van der Waals surface area contributed by atoms with Crippen LogP contribution in [-0.2, 0) is 12.8 Å². The molecule has 0 saturated heterocycles. The number of hydrogen-bond acceptors (Lipinski definition) is 3. The van der Waals surface area contributed by atoms with E-state index in [-0.39, 0.29) is 0 Å². The Morgan fingerprint density at radius 1 is 1.00 bits per heavy atom. The van der Waals surface area contributed by atoms with E-state index in [2.05, 4.69) is 11.9 Å². The first-order valence-corrected chi connectivity index (χ1v) is 8.93. The fourth-order valence-electron chi connectivity index (χ4n) is 4.12. The maximum Gasteiger partial charge on any atom is 0.134 e. The van der Waals surface area contributed by atoms with E-state index >= 15 is 0 Å². The van der Waals surface area contributed by atoms with E-state index in [0.29, 0.717) is 5.92 Å². The number of hydrogen-bond donors (Lipinski definition) is 1. The molecular formula is C18H29N3. The maximum absolute atomic E-state index is 6.24. The molecule has 2 aliphatic carbocycles. The molecular weight excluding hydrogens is 258 g/mol. The first kappa shape index (κ1) is 14.8. The minimum Gasteiger partial charge on any atom is -0.383 e. The zero-order valence-corrected chi connectivity index (χ0v) is 13.4. The molecule has 2 N–H and O–H groups in total. The first-order valence-electron chi connectivity index (χ1n) is 8.93. The number of aryl methyl sites for hydroxylation is 1. The van der Waals surface area contributed by atoms with Gasteiger partial charge >= 0.3 is 0 Å². The Kier molecular flexibility index (Phi) is 4.77. The van der Waals surface area contributed by atoms with Gasteiger partial charge in [0.2, 0.25) is 0 Å². The van der Waals surface area contributed by atoms with Gasteiger partial charge in [0.05, 0.1) is 0 Å². The van der Waals surface area contributed by atoms with Gasteiger partial charge < -0.3 is 5.73 Å². The average molecular weight is 287 g/mol. The van der Waals surface area contributed by atoms with Crippen LogP contribution in [0, 0.1) is 5.92 Å². The molecule has 0 unspecified atom stereocenters. The number of anilines is 1. The summed E-state index contributed by atoms with van der Waals surface area (Å²) in [5, 5.41) is 0. The largest absolute Gasteiger partial charge is 0.383 e. The molecule has 1 fully saturated rings. The van der Waals surface area contributed by atoms with Crippen LogP contribution in [0.3, 0.4) is 0 Å². The Labute approximate surface area is 128 Å². The Balaban J connectivity index is 1.74. The van der Waals surface area contributed by atoms with Crippen molar-refractivity contribution in [3.63, 3.8) is 0 Å². The lowest BCUT2D eigenvalue weighted by Gasteiger charge is -2.28. The molecule has 21 heavy (non-hydrogen) atoms. The van der Waals surface area contributed by atoms with Crippen molar-refractivity contribution in [3.8, 4) is 0 Å². The number of rotatable bonds is 3. The third-order valence-corrected chi connectivity index (χ3v) is 5.39. The van der Waals surface area contributed by atoms with E-state index in [1.54, 1.807) is 0 Å². The molecule has 0 atom stereocenters. The Hall–Kier alpha value is -1.12. The molecule has 0 bridgehead atoms. The highest BCUT2D eigenvalue weighted by atomic mass is 15.0. The first-order chi connectivity index (χ1) is 10.3. The minimum atomic E-state index is 0.550. The highest BCUT2D eigenvalue weighted by Crippen LogP contribution is 2.37. The number of nitrogens with zero attached hydrogens (tertiary/aromatic N) is 2. The molecule has 0 radical (unpaired) electrons. The van der Waals surface area contributed by atoms with Crippen molar-refractivity contribution < 1.29 is 0 Å². The highest BCUT2D eigenvalue weighted by Gasteiger charge is 2.25. The predicted octanol–water partition coefficient (Wildman–Crippen LogP) is 4.40. The molecule has 3 nitrogen and oxygen atoms in total. The van der Waals surface area contributed by atoms with Gasteiger partial charge in [0.25, 0.3) is 0 Å². The summed E-state index contributed by atoms with van der Waals surface area (Å²) in [6.45, 7) is 2.29. The van der Waals surface area contributed by atoms with Gasteiger partial charge in [0, 0.05) is 17.2 Å². The van der Waals surface area contributed by atoms with Crippen LogP contribution in [0.2, 0.25) is 0 Å². The second-order valence-corrected chi connectivity index (χ2v) is 6.96. The lowest BCUT2D eigenvalue weighted by Crippen LogP contribution is -2.17. The fraction of sp³-hybridized carbons (Fsp3) is 0.778. The smallest absolute Gasteiger partial charge is 0.134 e. The van der Waals surface area contributed by atoms with Crippen molar-refractivity contribution in [3.05, 3.63) is 17.1 Å². The quantitative estimate of drug-likeness (QED) is 0.838. The molecule has 1 heterocycles. The summed E-state index contributed by atoms with van der Waals surface area (Å²) in [7, 11) is 0. The predicted molar refractivity (Wildman–Crippen MR) is 87.3 cm³/mol. The van der Waals surface area contributed by atoms with Gasteiger partial charge in [-0.15, -0.1) is 0 Å². The summed E-state index contributed by atoms with van der Waals surface area (Å²) in [6, 6.07) is 0. The lowest BCUT2D eigenvalue weighted by atomic mass is 9.79. The number of aromatic nitrogens is 2. The van der Waals surface area contributed by atoms with Crippen LogP contribution in [0.25, 0.3) is 0 Å². The topological polar surface area (TPSA) is 51.8 Å². The van der Waals surface area contributed by atoms with Gasteiger partial charge in [0.15, 0.2) is 0 Å². The third kappa shape index (κ3) is 3.38. The molecule has 1 saturated carbocycles. The SMILES string of the molecule is CCCC1CCC(c2nc(N)c3c(n2)CCCCC3)CC1. The van der Waals surface area contributed by atoms with E-state index in [0.717, 1.165) is 30.4 Å². The molecule has 1 aromatic heterocycles. The Bertz CT molecular complexity index is 476. The van der Waals surface area contributed by atoms with Crippen LogP contribution < -0.4 is 5.73 Å². The fourth-order valence-corrected chi connectivity index (χ4v) is 4.12. The molecule has 3 rings (SSSR count). The van der Waals surface area contributed by atoms with E-state index < -0.39 is 0 Å². The normalized spacial score (nSPS) is 26.1. The molecule has 1 aromatic rings. The molecule has 0 spiro atoms. The summed E-state index contributed by atoms with van der Waals surface area (Å²) in [6.07, 6.45) is 13.9. The third-order valence-electron chi connectivity index (χ3n) is 5.39. The van der Waals surface area contributed by atoms with Crippen LogP contribution >= 0.6 is 0 Å². The Morgan fingerprint density at radius 2 is 1.76 bits per heavy atom. The summed E-state index contributed by atoms with van der Waals surface area (Å²) in [4.78, 5) is 9.63. The zero-order chi connectivity index (χ0) is 14.7. The van der Waals surface area contributed by atoms with Gasteiger partial charge in [-0.2, -0.15) is 0 Å². The summed E-state index contributed by atoms with van der Waals surface area (Å²) >= 11 is 0. The number of nitrogen functional groups attached to an aromatic ring is 1. The van der Waals surface area contributed by atoms with Crippen molar-refractivity contribution in [2.24, 2.45) is 5.92 Å². The molecule has 2 aliphatic rings. The van der Waals surface area contributed by atoms with Crippen LogP contribution in [-0.4, -0.2) is 9.97 Å². The maximum atomic E-state index is 6.24. The molecule has 0 amide bonds. The molecule has 116 valence electrons. The van der Waals surface area contributed by atoms with Crippen LogP contribution in [0.15, 0.2) is 0 Å². The van der Waals surface area contributed by atoms with Crippen LogP contribution in [0.5, 0.6) is 0 Å². The molecule has 3 heteroatoms. The molecule has 0 aromatic carbocycles. The van der Waals surface area contributed by atoms with Crippen LogP contribution in [0.1, 0.15) is 87.7 Å². The van der Waals surface area contributed by atoms with Crippen LogP contribution in [0.4, 0.5) is 5.82 Å². The van der Waals surface area contributed by atoms with E-state index in [1.165, 1.54) is 69.0 Å². The van der Waals surface area contributed by atoms with E-state index in [9.17, 15) is 0 Å². The highest BCUT2D eigenvalue weighted by molar-refractivity contribution is 5.43. The van der Waals surface area contributed by atoms with Gasteiger partial charge in [-0.25, -0.2) is 9.97 Å². The van der Waals surface area contributed by atoms with Gasteiger partial charge in [-0.1, -0.05) is 26.2 Å². The van der Waals surface area contributed by atoms with E-state index in [4.69, 9.17) is 10.7 Å².